The number of rotatable bonds is 5. The van der Waals surface area contributed by atoms with Crippen molar-refractivity contribution in [2.75, 3.05) is 26.4 Å². The van der Waals surface area contributed by atoms with Crippen molar-refractivity contribution in [2.24, 2.45) is 5.92 Å². The number of hydrogen-bond donors (Lipinski definition) is 1. The Morgan fingerprint density at radius 1 is 1.35 bits per heavy atom. The minimum Gasteiger partial charge on any atom is -0.493 e. The predicted molar refractivity (Wildman–Crippen MR) is 80.2 cm³/mol. The summed E-state index contributed by atoms with van der Waals surface area (Å²) in [5.74, 6) is 1.68. The van der Waals surface area contributed by atoms with E-state index >= 15 is 0 Å². The topological polar surface area (TPSA) is 30.5 Å². The Morgan fingerprint density at radius 3 is 3.10 bits per heavy atom. The van der Waals surface area contributed by atoms with Gasteiger partial charge in [0, 0.05) is 18.6 Å². The van der Waals surface area contributed by atoms with Gasteiger partial charge in [-0.2, -0.15) is 0 Å². The molecule has 2 aliphatic rings. The van der Waals surface area contributed by atoms with Crippen LogP contribution in [0.3, 0.4) is 0 Å². The second-order valence-corrected chi connectivity index (χ2v) is 5.87. The Hall–Kier alpha value is -1.06. The van der Waals surface area contributed by atoms with Crippen molar-refractivity contribution < 1.29 is 9.47 Å². The fraction of sp³-hybridized carbons (Fsp3) is 0.647. The highest BCUT2D eigenvalue weighted by molar-refractivity contribution is 5.39. The lowest BCUT2D eigenvalue weighted by atomic mass is 9.90. The number of benzene rings is 1. The van der Waals surface area contributed by atoms with Crippen LogP contribution in [0.15, 0.2) is 18.2 Å². The summed E-state index contributed by atoms with van der Waals surface area (Å²) in [4.78, 5) is 0. The summed E-state index contributed by atoms with van der Waals surface area (Å²) in [6.07, 6.45) is 4.61. The monoisotopic (exact) mass is 275 g/mol. The molecule has 0 aromatic heterocycles. The van der Waals surface area contributed by atoms with Crippen molar-refractivity contribution >= 4 is 0 Å². The molecule has 2 atom stereocenters. The van der Waals surface area contributed by atoms with Gasteiger partial charge in [0.25, 0.3) is 0 Å². The van der Waals surface area contributed by atoms with Crippen LogP contribution in [0.2, 0.25) is 0 Å². The van der Waals surface area contributed by atoms with Gasteiger partial charge in [-0.25, -0.2) is 0 Å². The Labute approximate surface area is 121 Å². The minimum atomic E-state index is 0.421. The molecule has 0 bridgehead atoms. The quantitative estimate of drug-likeness (QED) is 0.895. The van der Waals surface area contributed by atoms with E-state index in [0.717, 1.165) is 57.8 Å². The van der Waals surface area contributed by atoms with Crippen molar-refractivity contribution in [3.05, 3.63) is 29.3 Å². The van der Waals surface area contributed by atoms with E-state index in [0.29, 0.717) is 12.0 Å². The summed E-state index contributed by atoms with van der Waals surface area (Å²) in [7, 11) is 0. The highest BCUT2D eigenvalue weighted by Crippen LogP contribution is 2.33. The predicted octanol–water partition coefficient (Wildman–Crippen LogP) is 3.09. The van der Waals surface area contributed by atoms with Gasteiger partial charge in [-0.05, 0) is 49.4 Å². The lowest BCUT2D eigenvalue weighted by Crippen LogP contribution is -2.29. The highest BCUT2D eigenvalue weighted by atomic mass is 16.5. The summed E-state index contributed by atoms with van der Waals surface area (Å²) in [6.45, 7) is 5.93. The third kappa shape index (κ3) is 2.99. The molecule has 1 fully saturated rings. The molecular formula is C17H25NO2. The molecule has 2 heterocycles. The molecule has 0 radical (unpaired) electrons. The number of ether oxygens (including phenoxy) is 2. The third-order valence-corrected chi connectivity index (χ3v) is 4.34. The molecule has 1 aromatic rings. The smallest absolute Gasteiger partial charge is 0.122 e. The fourth-order valence-electron chi connectivity index (χ4n) is 3.25. The Kier molecular flexibility index (Phi) is 4.58. The molecule has 110 valence electrons. The van der Waals surface area contributed by atoms with E-state index in [1.165, 1.54) is 11.1 Å². The average molecular weight is 275 g/mol. The second kappa shape index (κ2) is 6.59. The Morgan fingerprint density at radius 2 is 2.30 bits per heavy atom. The van der Waals surface area contributed by atoms with Gasteiger partial charge in [0.15, 0.2) is 0 Å². The van der Waals surface area contributed by atoms with Crippen molar-refractivity contribution in [2.45, 2.75) is 38.6 Å². The molecular weight excluding hydrogens is 250 g/mol. The van der Waals surface area contributed by atoms with Gasteiger partial charge in [-0.3, -0.25) is 0 Å². The number of nitrogens with one attached hydrogen (secondary N) is 1. The van der Waals surface area contributed by atoms with Crippen LogP contribution >= 0.6 is 0 Å². The average Bonchev–Trinajstić information content (AvgIpc) is 3.02. The number of hydrogen-bond acceptors (Lipinski definition) is 3. The van der Waals surface area contributed by atoms with Gasteiger partial charge in [-0.1, -0.05) is 19.1 Å². The molecule has 1 N–H and O–H groups in total. The van der Waals surface area contributed by atoms with E-state index in [1.54, 1.807) is 0 Å². The largest absolute Gasteiger partial charge is 0.493 e. The molecule has 3 nitrogen and oxygen atoms in total. The second-order valence-electron chi connectivity index (χ2n) is 5.87. The molecule has 0 amide bonds. The Bertz CT molecular complexity index is 441. The maximum atomic E-state index is 5.72. The first kappa shape index (κ1) is 13.9. The zero-order valence-electron chi connectivity index (χ0n) is 12.4. The van der Waals surface area contributed by atoms with E-state index in [4.69, 9.17) is 9.47 Å². The van der Waals surface area contributed by atoms with Gasteiger partial charge in [0.2, 0.25) is 0 Å². The lowest BCUT2D eigenvalue weighted by molar-refractivity contribution is 0.176. The summed E-state index contributed by atoms with van der Waals surface area (Å²) < 4.78 is 11.3. The van der Waals surface area contributed by atoms with Gasteiger partial charge >= 0.3 is 0 Å². The van der Waals surface area contributed by atoms with Crippen molar-refractivity contribution in [1.82, 2.24) is 5.32 Å². The SMILES string of the molecule is CCCNC(c1ccc2c(c1)CCCO2)C1CCOC1. The van der Waals surface area contributed by atoms with E-state index in [-0.39, 0.29) is 0 Å². The van der Waals surface area contributed by atoms with E-state index in [1.807, 2.05) is 0 Å². The van der Waals surface area contributed by atoms with Crippen LogP contribution in [0.5, 0.6) is 5.75 Å². The molecule has 3 rings (SSSR count). The molecule has 20 heavy (non-hydrogen) atoms. The van der Waals surface area contributed by atoms with E-state index in [9.17, 15) is 0 Å². The molecule has 0 aliphatic carbocycles. The van der Waals surface area contributed by atoms with Crippen molar-refractivity contribution in [3.63, 3.8) is 0 Å². The van der Waals surface area contributed by atoms with Crippen LogP contribution in [-0.4, -0.2) is 26.4 Å². The first-order chi connectivity index (χ1) is 9.88. The zero-order chi connectivity index (χ0) is 13.8. The molecule has 3 heteroatoms. The Balaban J connectivity index is 1.81. The minimum absolute atomic E-state index is 0.421. The number of fused-ring (bicyclic) bond motifs is 1. The zero-order valence-corrected chi connectivity index (χ0v) is 12.4. The van der Waals surface area contributed by atoms with Crippen LogP contribution in [-0.2, 0) is 11.2 Å². The lowest BCUT2D eigenvalue weighted by Gasteiger charge is -2.26. The molecule has 0 saturated carbocycles. The molecule has 2 unspecified atom stereocenters. The molecule has 0 spiro atoms. The van der Waals surface area contributed by atoms with Crippen LogP contribution in [0, 0.1) is 5.92 Å². The van der Waals surface area contributed by atoms with Gasteiger partial charge < -0.3 is 14.8 Å². The summed E-state index contributed by atoms with van der Waals surface area (Å²) in [6, 6.07) is 7.15. The maximum Gasteiger partial charge on any atom is 0.122 e. The van der Waals surface area contributed by atoms with Gasteiger partial charge in [-0.15, -0.1) is 0 Å². The van der Waals surface area contributed by atoms with Crippen LogP contribution < -0.4 is 10.1 Å². The van der Waals surface area contributed by atoms with Crippen LogP contribution in [0.1, 0.15) is 43.4 Å². The number of aryl methyl sites for hydroxylation is 1. The molecule has 1 saturated heterocycles. The van der Waals surface area contributed by atoms with Crippen molar-refractivity contribution in [1.29, 1.82) is 0 Å². The third-order valence-electron chi connectivity index (χ3n) is 4.34. The fourth-order valence-corrected chi connectivity index (χ4v) is 3.25. The molecule has 2 aliphatic heterocycles. The van der Waals surface area contributed by atoms with E-state index < -0.39 is 0 Å². The van der Waals surface area contributed by atoms with Crippen LogP contribution in [0.25, 0.3) is 0 Å². The first-order valence-corrected chi connectivity index (χ1v) is 7.95. The van der Waals surface area contributed by atoms with Gasteiger partial charge in [0.1, 0.15) is 5.75 Å². The summed E-state index contributed by atoms with van der Waals surface area (Å²) >= 11 is 0. The van der Waals surface area contributed by atoms with Crippen LogP contribution in [0.4, 0.5) is 0 Å². The van der Waals surface area contributed by atoms with E-state index in [2.05, 4.69) is 30.4 Å². The molecule has 1 aromatic carbocycles. The normalized spacial score (nSPS) is 23.1. The summed E-state index contributed by atoms with van der Waals surface area (Å²) in [5, 5.41) is 3.71. The summed E-state index contributed by atoms with van der Waals surface area (Å²) in [5.41, 5.74) is 2.77. The van der Waals surface area contributed by atoms with Gasteiger partial charge in [0.05, 0.1) is 13.2 Å². The maximum absolute atomic E-state index is 5.72. The van der Waals surface area contributed by atoms with Crippen molar-refractivity contribution in [3.8, 4) is 5.75 Å². The highest BCUT2D eigenvalue weighted by Gasteiger charge is 2.27. The first-order valence-electron chi connectivity index (χ1n) is 7.95. The standard InChI is InChI=1S/C17H25NO2/c1-2-8-18-17(15-7-10-19-12-15)14-5-6-16-13(11-14)4-3-9-20-16/h5-6,11,15,17-18H,2-4,7-10,12H2,1H3.